The van der Waals surface area contributed by atoms with E-state index in [-0.39, 0.29) is 5.41 Å². The molecule has 6 heteroatoms. The van der Waals surface area contributed by atoms with Gasteiger partial charge in [-0.1, -0.05) is 27.7 Å². The zero-order chi connectivity index (χ0) is 17.2. The molecule has 0 spiro atoms. The van der Waals surface area contributed by atoms with E-state index in [0.29, 0.717) is 0 Å². The number of aryl methyl sites for hydroxylation is 1. The molecular formula is C18H26N6. The van der Waals surface area contributed by atoms with Crippen LogP contribution in [0.2, 0.25) is 0 Å². The van der Waals surface area contributed by atoms with Gasteiger partial charge < -0.3 is 9.80 Å². The second-order valence-corrected chi connectivity index (χ2v) is 7.25. The summed E-state index contributed by atoms with van der Waals surface area (Å²) >= 11 is 0. The van der Waals surface area contributed by atoms with Gasteiger partial charge in [0.2, 0.25) is 5.95 Å². The summed E-state index contributed by atoms with van der Waals surface area (Å²) in [4.78, 5) is 13.5. The van der Waals surface area contributed by atoms with Gasteiger partial charge in [0.05, 0.1) is 5.69 Å². The van der Waals surface area contributed by atoms with Crippen molar-refractivity contribution in [2.75, 3.05) is 36.0 Å². The molecule has 0 saturated carbocycles. The molecular weight excluding hydrogens is 300 g/mol. The summed E-state index contributed by atoms with van der Waals surface area (Å²) in [5.74, 6) is 1.77. The maximum absolute atomic E-state index is 4.48. The summed E-state index contributed by atoms with van der Waals surface area (Å²) in [5, 5.41) is 8.81. The third kappa shape index (κ3) is 3.63. The largest absolute Gasteiger partial charge is 0.352 e. The molecule has 3 heterocycles. The van der Waals surface area contributed by atoms with Crippen LogP contribution in [0.3, 0.4) is 0 Å². The van der Waals surface area contributed by atoms with Gasteiger partial charge in [0.25, 0.3) is 0 Å². The van der Waals surface area contributed by atoms with Crippen molar-refractivity contribution >= 4 is 11.8 Å². The molecule has 0 aromatic carbocycles. The highest BCUT2D eigenvalue weighted by molar-refractivity contribution is 5.42. The Kier molecular flexibility index (Phi) is 4.64. The minimum absolute atomic E-state index is 0.0339. The van der Waals surface area contributed by atoms with Crippen LogP contribution < -0.4 is 9.80 Å². The molecule has 0 amide bonds. The van der Waals surface area contributed by atoms with Crippen molar-refractivity contribution in [2.24, 2.45) is 0 Å². The van der Waals surface area contributed by atoms with Gasteiger partial charge in [0.15, 0.2) is 5.82 Å². The van der Waals surface area contributed by atoms with Crippen molar-refractivity contribution < 1.29 is 0 Å². The molecule has 1 fully saturated rings. The summed E-state index contributed by atoms with van der Waals surface area (Å²) in [5.41, 5.74) is 2.23. The minimum Gasteiger partial charge on any atom is -0.352 e. The van der Waals surface area contributed by atoms with Crippen LogP contribution in [-0.4, -0.2) is 46.3 Å². The number of hydrogen-bond acceptors (Lipinski definition) is 6. The lowest BCUT2D eigenvalue weighted by molar-refractivity contribution is 0.556. The fourth-order valence-electron chi connectivity index (χ4n) is 2.72. The van der Waals surface area contributed by atoms with E-state index in [1.165, 1.54) is 5.56 Å². The van der Waals surface area contributed by atoms with Crippen molar-refractivity contribution in [3.63, 3.8) is 0 Å². The van der Waals surface area contributed by atoms with Gasteiger partial charge in [-0.25, -0.2) is 9.97 Å². The van der Waals surface area contributed by atoms with E-state index in [0.717, 1.165) is 50.1 Å². The molecule has 1 saturated heterocycles. The molecule has 0 unspecified atom stereocenters. The zero-order valence-corrected chi connectivity index (χ0v) is 15.0. The maximum atomic E-state index is 4.48. The van der Waals surface area contributed by atoms with Crippen molar-refractivity contribution in [3.05, 3.63) is 35.8 Å². The topological polar surface area (TPSA) is 58.0 Å². The summed E-state index contributed by atoms with van der Waals surface area (Å²) in [6.07, 6.45) is 4.81. The van der Waals surface area contributed by atoms with E-state index in [2.05, 4.69) is 69.8 Å². The van der Waals surface area contributed by atoms with E-state index in [1.54, 1.807) is 0 Å². The smallest absolute Gasteiger partial charge is 0.225 e. The first-order valence-electron chi connectivity index (χ1n) is 8.62. The molecule has 0 bridgehead atoms. The quantitative estimate of drug-likeness (QED) is 0.863. The summed E-state index contributed by atoms with van der Waals surface area (Å²) < 4.78 is 0. The Balaban J connectivity index is 1.62. The number of piperazine rings is 1. The van der Waals surface area contributed by atoms with Crippen LogP contribution >= 0.6 is 0 Å². The second-order valence-electron chi connectivity index (χ2n) is 7.25. The number of anilines is 2. The fraction of sp³-hybridized carbons (Fsp3) is 0.556. The lowest BCUT2D eigenvalue weighted by Gasteiger charge is -2.35. The summed E-state index contributed by atoms with van der Waals surface area (Å²) in [6, 6.07) is 4.16. The number of rotatable bonds is 3. The lowest BCUT2D eigenvalue weighted by atomic mass is 9.92. The predicted molar refractivity (Wildman–Crippen MR) is 96.6 cm³/mol. The number of nitrogens with zero attached hydrogens (tertiary/aromatic N) is 6. The predicted octanol–water partition coefficient (Wildman–Crippen LogP) is 2.45. The average Bonchev–Trinajstić information content (AvgIpc) is 2.61. The van der Waals surface area contributed by atoms with Gasteiger partial charge >= 0.3 is 0 Å². The van der Waals surface area contributed by atoms with E-state index in [4.69, 9.17) is 0 Å². The molecule has 3 rings (SSSR count). The second kappa shape index (κ2) is 6.71. The minimum atomic E-state index is 0.0339. The molecule has 0 atom stereocenters. The SMILES string of the molecule is CCc1cnc(N2CCN(c3ccc(C(C)(C)C)nn3)CC2)nc1. The van der Waals surface area contributed by atoms with Gasteiger partial charge in [-0.3, -0.25) is 0 Å². The van der Waals surface area contributed by atoms with Crippen molar-refractivity contribution in [1.29, 1.82) is 0 Å². The summed E-state index contributed by atoms with van der Waals surface area (Å²) in [7, 11) is 0. The Morgan fingerprint density at radius 3 is 2.04 bits per heavy atom. The van der Waals surface area contributed by atoms with Crippen molar-refractivity contribution in [3.8, 4) is 0 Å². The monoisotopic (exact) mass is 326 g/mol. The molecule has 0 N–H and O–H groups in total. The molecule has 0 radical (unpaired) electrons. The lowest BCUT2D eigenvalue weighted by Crippen LogP contribution is -2.47. The highest BCUT2D eigenvalue weighted by Crippen LogP contribution is 2.21. The Morgan fingerprint density at radius 2 is 1.54 bits per heavy atom. The van der Waals surface area contributed by atoms with Crippen LogP contribution in [0.25, 0.3) is 0 Å². The first-order valence-corrected chi connectivity index (χ1v) is 8.62. The molecule has 2 aromatic heterocycles. The van der Waals surface area contributed by atoms with Crippen molar-refractivity contribution in [2.45, 2.75) is 39.5 Å². The summed E-state index contributed by atoms with van der Waals surface area (Å²) in [6.45, 7) is 12.2. The maximum Gasteiger partial charge on any atom is 0.225 e. The van der Waals surface area contributed by atoms with Crippen molar-refractivity contribution in [1.82, 2.24) is 20.2 Å². The van der Waals surface area contributed by atoms with Gasteiger partial charge in [0, 0.05) is 44.0 Å². The van der Waals surface area contributed by atoms with Gasteiger partial charge in [0.1, 0.15) is 0 Å². The van der Waals surface area contributed by atoms with Gasteiger partial charge in [-0.05, 0) is 24.1 Å². The number of aromatic nitrogens is 4. The Morgan fingerprint density at radius 1 is 0.917 bits per heavy atom. The van der Waals surface area contributed by atoms with E-state index in [1.807, 2.05) is 12.4 Å². The Hall–Kier alpha value is -2.24. The fourth-order valence-corrected chi connectivity index (χ4v) is 2.72. The van der Waals surface area contributed by atoms with Crippen LogP contribution in [0.15, 0.2) is 24.5 Å². The third-order valence-corrected chi connectivity index (χ3v) is 4.41. The van der Waals surface area contributed by atoms with Crippen LogP contribution in [-0.2, 0) is 11.8 Å². The first-order chi connectivity index (χ1) is 11.5. The third-order valence-electron chi connectivity index (χ3n) is 4.41. The standard InChI is InChI=1S/C18H26N6/c1-5-14-12-19-17(20-13-14)24-10-8-23(9-11-24)16-7-6-15(21-22-16)18(2,3)4/h6-7,12-13H,5,8-11H2,1-4H3. The molecule has 2 aromatic rings. The first kappa shape index (κ1) is 16.6. The Labute approximate surface area is 143 Å². The van der Waals surface area contributed by atoms with Gasteiger partial charge in [-0.15, -0.1) is 5.10 Å². The molecule has 24 heavy (non-hydrogen) atoms. The van der Waals surface area contributed by atoms with Crippen LogP contribution in [0.4, 0.5) is 11.8 Å². The highest BCUT2D eigenvalue weighted by Gasteiger charge is 2.21. The molecule has 1 aliphatic rings. The van der Waals surface area contributed by atoms with E-state index >= 15 is 0 Å². The normalized spacial score (nSPS) is 15.7. The van der Waals surface area contributed by atoms with E-state index in [9.17, 15) is 0 Å². The van der Waals surface area contributed by atoms with Gasteiger partial charge in [-0.2, -0.15) is 5.10 Å². The van der Waals surface area contributed by atoms with Crippen LogP contribution in [0, 0.1) is 0 Å². The average molecular weight is 326 g/mol. The molecule has 0 aliphatic carbocycles. The van der Waals surface area contributed by atoms with Crippen LogP contribution in [0.1, 0.15) is 39.0 Å². The van der Waals surface area contributed by atoms with Crippen LogP contribution in [0.5, 0.6) is 0 Å². The molecule has 1 aliphatic heterocycles. The molecule has 128 valence electrons. The van der Waals surface area contributed by atoms with E-state index < -0.39 is 0 Å². The zero-order valence-electron chi connectivity index (χ0n) is 15.0. The molecule has 6 nitrogen and oxygen atoms in total. The Bertz CT molecular complexity index is 651. The highest BCUT2D eigenvalue weighted by atomic mass is 15.3. The number of hydrogen-bond donors (Lipinski definition) is 0.